The maximum atomic E-state index is 14.0. The van der Waals surface area contributed by atoms with Crippen LogP contribution in [-0.2, 0) is 17.8 Å². The molecule has 6 heteroatoms. The quantitative estimate of drug-likeness (QED) is 0.728. The minimum atomic E-state index is -0.196. The van der Waals surface area contributed by atoms with Gasteiger partial charge in [0.15, 0.2) is 11.5 Å². The summed E-state index contributed by atoms with van der Waals surface area (Å²) in [6, 6.07) is 12.6. The van der Waals surface area contributed by atoms with Gasteiger partial charge < -0.3 is 14.7 Å². The van der Waals surface area contributed by atoms with Crippen molar-refractivity contribution in [1.82, 2.24) is 9.80 Å². The summed E-state index contributed by atoms with van der Waals surface area (Å²) >= 11 is 0. The molecule has 166 valence electrons. The third kappa shape index (κ3) is 5.01. The Kier molecular flexibility index (Phi) is 6.76. The summed E-state index contributed by atoms with van der Waals surface area (Å²) in [5, 5.41) is 9.93. The van der Waals surface area contributed by atoms with E-state index in [1.165, 1.54) is 6.07 Å². The number of piperidine rings is 2. The van der Waals surface area contributed by atoms with Gasteiger partial charge in [-0.1, -0.05) is 24.3 Å². The summed E-state index contributed by atoms with van der Waals surface area (Å²) in [6.45, 7) is 5.65. The highest BCUT2D eigenvalue weighted by molar-refractivity contribution is 5.77. The van der Waals surface area contributed by atoms with Crippen molar-refractivity contribution in [2.24, 2.45) is 5.92 Å². The van der Waals surface area contributed by atoms with Gasteiger partial charge in [0.05, 0.1) is 6.61 Å². The van der Waals surface area contributed by atoms with Crippen LogP contribution in [0.3, 0.4) is 0 Å². The first-order chi connectivity index (χ1) is 15.0. The molecule has 0 aliphatic carbocycles. The lowest BCUT2D eigenvalue weighted by Gasteiger charge is -2.47. The van der Waals surface area contributed by atoms with E-state index in [9.17, 15) is 14.3 Å². The van der Waals surface area contributed by atoms with Gasteiger partial charge in [0.25, 0.3) is 0 Å². The Labute approximate surface area is 183 Å². The fourth-order valence-corrected chi connectivity index (χ4v) is 4.99. The van der Waals surface area contributed by atoms with E-state index in [0.29, 0.717) is 43.2 Å². The van der Waals surface area contributed by atoms with Crippen molar-refractivity contribution in [3.8, 4) is 11.5 Å². The van der Waals surface area contributed by atoms with E-state index in [4.69, 9.17) is 4.74 Å². The largest absolute Gasteiger partial charge is 0.504 e. The van der Waals surface area contributed by atoms with Gasteiger partial charge in [-0.25, -0.2) is 4.39 Å². The topological polar surface area (TPSA) is 53.0 Å². The number of aromatic hydroxyl groups is 1. The van der Waals surface area contributed by atoms with Crippen LogP contribution in [-0.4, -0.2) is 53.1 Å². The van der Waals surface area contributed by atoms with Crippen LogP contribution in [0.2, 0.25) is 0 Å². The van der Waals surface area contributed by atoms with Gasteiger partial charge in [-0.2, -0.15) is 0 Å². The van der Waals surface area contributed by atoms with Crippen molar-refractivity contribution in [2.45, 2.75) is 45.2 Å². The van der Waals surface area contributed by atoms with E-state index >= 15 is 0 Å². The summed E-state index contributed by atoms with van der Waals surface area (Å²) in [4.78, 5) is 17.1. The van der Waals surface area contributed by atoms with Crippen molar-refractivity contribution < 1.29 is 19.0 Å². The number of likely N-dealkylation sites (tertiary alicyclic amines) is 2. The summed E-state index contributed by atoms with van der Waals surface area (Å²) in [7, 11) is 0. The minimum absolute atomic E-state index is 0.167. The molecule has 2 atom stereocenters. The molecule has 5 nitrogen and oxygen atoms in total. The van der Waals surface area contributed by atoms with Crippen molar-refractivity contribution >= 4 is 5.91 Å². The zero-order chi connectivity index (χ0) is 21.8. The fourth-order valence-electron chi connectivity index (χ4n) is 4.99. The first-order valence-corrected chi connectivity index (χ1v) is 11.2. The number of fused-ring (bicyclic) bond motifs is 1. The van der Waals surface area contributed by atoms with Crippen LogP contribution in [0.1, 0.15) is 37.3 Å². The van der Waals surface area contributed by atoms with Crippen molar-refractivity contribution in [3.63, 3.8) is 0 Å². The molecule has 2 aliphatic rings. The maximum Gasteiger partial charge on any atom is 0.222 e. The molecule has 0 unspecified atom stereocenters. The molecule has 2 fully saturated rings. The molecule has 2 aliphatic heterocycles. The van der Waals surface area contributed by atoms with Gasteiger partial charge in [0.2, 0.25) is 5.91 Å². The molecule has 0 radical (unpaired) electrons. The molecule has 0 spiro atoms. The number of ether oxygens (including phenoxy) is 1. The number of amides is 1. The molecule has 2 aromatic carbocycles. The highest BCUT2D eigenvalue weighted by Crippen LogP contribution is 2.33. The van der Waals surface area contributed by atoms with E-state index in [2.05, 4.69) is 4.90 Å². The normalized spacial score (nSPS) is 21.7. The number of nitrogens with zero attached hydrogens (tertiary/aromatic N) is 2. The molecule has 1 N–H and O–H groups in total. The van der Waals surface area contributed by atoms with Crippen molar-refractivity contribution in [2.75, 3.05) is 26.2 Å². The Balaban J connectivity index is 1.38. The third-order valence-electron chi connectivity index (χ3n) is 6.54. The lowest BCUT2D eigenvalue weighted by Crippen LogP contribution is -2.56. The monoisotopic (exact) mass is 426 g/mol. The number of carbonyl (C=O) groups excluding carboxylic acids is 1. The predicted octanol–water partition coefficient (Wildman–Crippen LogP) is 3.99. The van der Waals surface area contributed by atoms with Gasteiger partial charge in [0.1, 0.15) is 5.82 Å². The molecular weight excluding hydrogens is 395 g/mol. The molecule has 0 saturated carbocycles. The summed E-state index contributed by atoms with van der Waals surface area (Å²) in [5.41, 5.74) is 1.79. The van der Waals surface area contributed by atoms with Gasteiger partial charge in [0, 0.05) is 38.6 Å². The fraction of sp³-hybridized carbons (Fsp3) is 0.480. The number of phenolic OH excluding ortho intramolecular Hbond substituents is 1. The van der Waals surface area contributed by atoms with Gasteiger partial charge in [-0.05, 0) is 61.4 Å². The SMILES string of the molecule is CCOc1cc(CN2CC[C@@H]3[C@@H](CCC(=O)N3CCc3ccccc3F)C2)ccc1O. The van der Waals surface area contributed by atoms with E-state index in [0.717, 1.165) is 38.0 Å². The second-order valence-electron chi connectivity index (χ2n) is 8.55. The van der Waals surface area contributed by atoms with Crippen LogP contribution in [0.15, 0.2) is 42.5 Å². The number of hydrogen-bond donors (Lipinski definition) is 1. The highest BCUT2D eigenvalue weighted by Gasteiger charge is 2.39. The molecule has 31 heavy (non-hydrogen) atoms. The van der Waals surface area contributed by atoms with Gasteiger partial charge >= 0.3 is 0 Å². The molecule has 2 aromatic rings. The van der Waals surface area contributed by atoms with E-state index in [1.807, 2.05) is 30.0 Å². The number of hydrogen-bond acceptors (Lipinski definition) is 4. The molecule has 1 amide bonds. The van der Waals surface area contributed by atoms with Crippen LogP contribution >= 0.6 is 0 Å². The lowest BCUT2D eigenvalue weighted by atomic mass is 9.83. The summed E-state index contributed by atoms with van der Waals surface area (Å²) in [6.07, 6.45) is 2.97. The average Bonchev–Trinajstić information content (AvgIpc) is 2.77. The van der Waals surface area contributed by atoms with Crippen LogP contribution in [0.4, 0.5) is 4.39 Å². The molecule has 0 bridgehead atoms. The number of benzene rings is 2. The van der Waals surface area contributed by atoms with E-state index in [1.54, 1.807) is 18.2 Å². The average molecular weight is 427 g/mol. The van der Waals surface area contributed by atoms with E-state index < -0.39 is 0 Å². The van der Waals surface area contributed by atoms with Crippen LogP contribution in [0, 0.1) is 11.7 Å². The predicted molar refractivity (Wildman–Crippen MR) is 117 cm³/mol. The number of carbonyl (C=O) groups is 1. The summed E-state index contributed by atoms with van der Waals surface area (Å²) < 4.78 is 19.5. The van der Waals surface area contributed by atoms with Crippen molar-refractivity contribution in [1.29, 1.82) is 0 Å². The highest BCUT2D eigenvalue weighted by atomic mass is 19.1. The minimum Gasteiger partial charge on any atom is -0.504 e. The Morgan fingerprint density at radius 2 is 2.03 bits per heavy atom. The van der Waals surface area contributed by atoms with Gasteiger partial charge in [-0.3, -0.25) is 9.69 Å². The number of phenols is 1. The first kappa shape index (κ1) is 21.6. The standard InChI is InChI=1S/C25H31FN2O3/c1-2-31-24-15-18(7-9-23(24)29)16-27-13-12-22-20(17-27)8-10-25(30)28(22)14-11-19-5-3-4-6-21(19)26/h3-7,9,15,20,22,29H,2,8,10-14,16-17H2,1H3/t20-,22+/m0/s1. The summed E-state index contributed by atoms with van der Waals surface area (Å²) in [5.74, 6) is 1.14. The second kappa shape index (κ2) is 9.69. The Bertz CT molecular complexity index is 919. The zero-order valence-corrected chi connectivity index (χ0v) is 18.1. The van der Waals surface area contributed by atoms with Crippen LogP contribution in [0.25, 0.3) is 0 Å². The van der Waals surface area contributed by atoms with Crippen molar-refractivity contribution in [3.05, 3.63) is 59.4 Å². The number of halogens is 1. The van der Waals surface area contributed by atoms with Crippen LogP contribution < -0.4 is 4.74 Å². The van der Waals surface area contributed by atoms with Gasteiger partial charge in [-0.15, -0.1) is 0 Å². The molecule has 4 rings (SSSR count). The van der Waals surface area contributed by atoms with E-state index in [-0.39, 0.29) is 23.5 Å². The molecular formula is C25H31FN2O3. The molecule has 2 saturated heterocycles. The molecule has 0 aromatic heterocycles. The van der Waals surface area contributed by atoms with Crippen LogP contribution in [0.5, 0.6) is 11.5 Å². The number of rotatable bonds is 7. The second-order valence-corrected chi connectivity index (χ2v) is 8.55. The third-order valence-corrected chi connectivity index (χ3v) is 6.54. The first-order valence-electron chi connectivity index (χ1n) is 11.2. The Hall–Kier alpha value is -2.60. The Morgan fingerprint density at radius 1 is 1.19 bits per heavy atom. The smallest absolute Gasteiger partial charge is 0.222 e. The lowest BCUT2D eigenvalue weighted by molar-refractivity contribution is -0.141. The zero-order valence-electron chi connectivity index (χ0n) is 18.1. The molecule has 2 heterocycles. The Morgan fingerprint density at radius 3 is 2.84 bits per heavy atom. The maximum absolute atomic E-state index is 14.0.